The highest BCUT2D eigenvalue weighted by molar-refractivity contribution is 6.30. The molecule has 6 nitrogen and oxygen atoms in total. The molecule has 2 N–H and O–H groups in total. The molecular weight excluding hydrogens is 352 g/mol. The molecule has 0 atom stereocenters. The van der Waals surface area contributed by atoms with Crippen LogP contribution in [0.4, 0.5) is 5.82 Å². The Labute approximate surface area is 152 Å². The van der Waals surface area contributed by atoms with E-state index in [0.717, 1.165) is 0 Å². The lowest BCUT2D eigenvalue weighted by Gasteiger charge is -2.06. The van der Waals surface area contributed by atoms with Gasteiger partial charge in [0.05, 0.1) is 11.1 Å². The van der Waals surface area contributed by atoms with Crippen molar-refractivity contribution < 1.29 is 4.42 Å². The first-order valence-corrected chi connectivity index (χ1v) is 8.04. The van der Waals surface area contributed by atoms with Crippen molar-refractivity contribution >= 4 is 28.5 Å². The zero-order valence-electron chi connectivity index (χ0n) is 13.3. The number of para-hydroxylation sites is 1. The Balaban J connectivity index is 2.14. The largest absolute Gasteiger partial charge is 0.402 e. The van der Waals surface area contributed by atoms with Crippen molar-refractivity contribution in [2.24, 2.45) is 0 Å². The monoisotopic (exact) mass is 362 g/mol. The highest BCUT2D eigenvalue weighted by Gasteiger charge is 2.23. The van der Waals surface area contributed by atoms with Crippen LogP contribution in [-0.2, 0) is 0 Å². The Morgan fingerprint density at radius 3 is 2.46 bits per heavy atom. The molecule has 2 aromatic heterocycles. The summed E-state index contributed by atoms with van der Waals surface area (Å²) >= 11 is 5.95. The van der Waals surface area contributed by atoms with E-state index in [-0.39, 0.29) is 17.1 Å². The van der Waals surface area contributed by atoms with E-state index in [1.807, 2.05) is 36.4 Å². The molecule has 4 rings (SSSR count). The molecule has 2 aromatic carbocycles. The first-order valence-electron chi connectivity index (χ1n) is 7.67. The van der Waals surface area contributed by atoms with Crippen molar-refractivity contribution in [3.8, 4) is 22.9 Å². The van der Waals surface area contributed by atoms with Gasteiger partial charge >= 0.3 is 5.63 Å². The number of rotatable bonds is 2. The Morgan fingerprint density at radius 2 is 1.81 bits per heavy atom. The van der Waals surface area contributed by atoms with E-state index in [1.54, 1.807) is 24.3 Å². The summed E-state index contributed by atoms with van der Waals surface area (Å²) < 4.78 is 6.84. The predicted molar refractivity (Wildman–Crippen MR) is 99.2 cm³/mol. The minimum Gasteiger partial charge on any atom is -0.402 e. The van der Waals surface area contributed by atoms with Gasteiger partial charge in [-0.15, -0.1) is 5.10 Å². The van der Waals surface area contributed by atoms with Crippen LogP contribution in [0.25, 0.3) is 27.9 Å². The van der Waals surface area contributed by atoms with Gasteiger partial charge in [0.25, 0.3) is 0 Å². The van der Waals surface area contributed by atoms with Gasteiger partial charge in [-0.05, 0) is 29.8 Å². The van der Waals surface area contributed by atoms with Crippen LogP contribution in [0, 0.1) is 11.3 Å². The fourth-order valence-electron chi connectivity index (χ4n) is 2.86. The zero-order chi connectivity index (χ0) is 18.3. The van der Waals surface area contributed by atoms with E-state index in [1.165, 1.54) is 4.68 Å². The third-order valence-corrected chi connectivity index (χ3v) is 4.26. The normalized spacial score (nSPS) is 10.8. The van der Waals surface area contributed by atoms with Gasteiger partial charge in [0.2, 0.25) is 5.71 Å². The van der Waals surface area contributed by atoms with Gasteiger partial charge in [-0.1, -0.05) is 41.9 Å². The molecule has 0 unspecified atom stereocenters. The van der Waals surface area contributed by atoms with Gasteiger partial charge in [-0.2, -0.15) is 9.94 Å². The molecule has 0 amide bonds. The van der Waals surface area contributed by atoms with E-state index >= 15 is 0 Å². The highest BCUT2D eigenvalue weighted by Crippen LogP contribution is 2.35. The lowest BCUT2D eigenvalue weighted by Crippen LogP contribution is -2.08. The lowest BCUT2D eigenvalue weighted by atomic mass is 9.99. The van der Waals surface area contributed by atoms with Gasteiger partial charge in [0.15, 0.2) is 5.82 Å². The summed E-state index contributed by atoms with van der Waals surface area (Å²) in [5, 5.41) is 14.7. The average Bonchev–Trinajstić information content (AvgIpc) is 2.98. The molecule has 0 radical (unpaired) electrons. The maximum atomic E-state index is 12.4. The second-order valence-corrected chi connectivity index (χ2v) is 6.01. The van der Waals surface area contributed by atoms with Gasteiger partial charge < -0.3 is 10.2 Å². The topological polar surface area (TPSA) is 97.8 Å². The second-order valence-electron chi connectivity index (χ2n) is 5.57. The third-order valence-electron chi connectivity index (χ3n) is 4.01. The van der Waals surface area contributed by atoms with Gasteiger partial charge in [0.1, 0.15) is 11.6 Å². The Bertz CT molecular complexity index is 1220. The molecule has 4 aromatic rings. The van der Waals surface area contributed by atoms with E-state index in [0.29, 0.717) is 27.2 Å². The van der Waals surface area contributed by atoms with Crippen LogP contribution in [0.1, 0.15) is 5.56 Å². The Morgan fingerprint density at radius 1 is 1.12 bits per heavy atom. The Hall–Kier alpha value is -3.56. The summed E-state index contributed by atoms with van der Waals surface area (Å²) in [7, 11) is 0. The van der Waals surface area contributed by atoms with Crippen LogP contribution in [0.15, 0.2) is 63.8 Å². The predicted octanol–water partition coefficient (Wildman–Crippen LogP) is 3.75. The maximum absolute atomic E-state index is 12.4. The maximum Gasteiger partial charge on any atom is 0.356 e. The van der Waals surface area contributed by atoms with E-state index in [9.17, 15) is 10.1 Å². The third kappa shape index (κ3) is 2.42. The van der Waals surface area contributed by atoms with Crippen LogP contribution in [0.3, 0.4) is 0 Å². The molecule has 0 saturated heterocycles. The zero-order valence-corrected chi connectivity index (χ0v) is 14.1. The summed E-state index contributed by atoms with van der Waals surface area (Å²) in [6.45, 7) is 0. The molecule has 7 heteroatoms. The summed E-state index contributed by atoms with van der Waals surface area (Å²) in [6.07, 6.45) is 0. The number of fused-ring (bicyclic) bond motifs is 1. The van der Waals surface area contributed by atoms with Crippen molar-refractivity contribution in [3.05, 3.63) is 75.6 Å². The molecule has 2 heterocycles. The summed E-state index contributed by atoms with van der Waals surface area (Å²) in [6, 6.07) is 17.9. The quantitative estimate of drug-likeness (QED) is 0.585. The summed E-state index contributed by atoms with van der Waals surface area (Å²) in [4.78, 5) is 12.4. The van der Waals surface area contributed by atoms with Gasteiger partial charge in [0, 0.05) is 10.6 Å². The molecule has 0 bridgehead atoms. The van der Waals surface area contributed by atoms with Crippen molar-refractivity contribution in [3.63, 3.8) is 0 Å². The minimum atomic E-state index is -0.748. The highest BCUT2D eigenvalue weighted by atomic mass is 35.5. The molecule has 0 aliphatic heterocycles. The van der Waals surface area contributed by atoms with Crippen LogP contribution in [0.2, 0.25) is 5.02 Å². The van der Waals surface area contributed by atoms with Crippen LogP contribution in [0.5, 0.6) is 0 Å². The standard InChI is InChI=1S/C19H11ClN4O2/c20-12-8-6-11(7-9-12)15-14(10-21)19(25)26-18-16(15)17(22)23-24(18)13-4-2-1-3-5-13/h1-9H,(H2,22,23). The number of aromatic nitrogens is 2. The van der Waals surface area contributed by atoms with Crippen molar-refractivity contribution in [1.82, 2.24) is 9.78 Å². The molecule has 126 valence electrons. The number of halogens is 1. The van der Waals surface area contributed by atoms with E-state index < -0.39 is 5.63 Å². The SMILES string of the molecule is N#Cc1c(-c2ccc(Cl)cc2)c2c(N)nn(-c3ccccc3)c2oc1=O. The number of nitriles is 1. The molecule has 0 spiro atoms. The smallest absolute Gasteiger partial charge is 0.356 e. The summed E-state index contributed by atoms with van der Waals surface area (Å²) in [5.41, 5.74) is 7.13. The van der Waals surface area contributed by atoms with Crippen molar-refractivity contribution in [2.75, 3.05) is 5.73 Å². The van der Waals surface area contributed by atoms with Gasteiger partial charge in [-0.25, -0.2) is 4.79 Å². The first kappa shape index (κ1) is 15.9. The molecule has 0 saturated carbocycles. The number of nitrogens with zero attached hydrogens (tertiary/aromatic N) is 3. The number of hydrogen-bond donors (Lipinski definition) is 1. The van der Waals surface area contributed by atoms with Crippen LogP contribution in [-0.4, -0.2) is 9.78 Å². The number of benzene rings is 2. The molecule has 0 aliphatic carbocycles. The van der Waals surface area contributed by atoms with Crippen molar-refractivity contribution in [1.29, 1.82) is 5.26 Å². The fourth-order valence-corrected chi connectivity index (χ4v) is 2.99. The fraction of sp³-hybridized carbons (Fsp3) is 0. The van der Waals surface area contributed by atoms with Crippen molar-refractivity contribution in [2.45, 2.75) is 0 Å². The molecule has 0 fully saturated rings. The Kier molecular flexibility index (Phi) is 3.72. The van der Waals surface area contributed by atoms with E-state index in [4.69, 9.17) is 21.8 Å². The molecular formula is C19H11ClN4O2. The average molecular weight is 363 g/mol. The number of nitrogen functional groups attached to an aromatic ring is 1. The number of anilines is 1. The van der Waals surface area contributed by atoms with Crippen LogP contribution >= 0.6 is 11.6 Å². The lowest BCUT2D eigenvalue weighted by molar-refractivity contribution is 0.534. The number of nitrogens with two attached hydrogens (primary N) is 1. The second kappa shape index (κ2) is 6.06. The molecule has 0 aliphatic rings. The van der Waals surface area contributed by atoms with E-state index in [2.05, 4.69) is 5.10 Å². The first-order chi connectivity index (χ1) is 12.6. The minimum absolute atomic E-state index is 0.126. The number of hydrogen-bond acceptors (Lipinski definition) is 5. The summed E-state index contributed by atoms with van der Waals surface area (Å²) in [5.74, 6) is 0.161. The van der Waals surface area contributed by atoms with Gasteiger partial charge in [-0.3, -0.25) is 0 Å². The molecule has 26 heavy (non-hydrogen) atoms. The van der Waals surface area contributed by atoms with Crippen LogP contribution < -0.4 is 11.4 Å².